The first-order chi connectivity index (χ1) is 7.81. The van der Waals surface area contributed by atoms with E-state index in [1.807, 2.05) is 0 Å². The van der Waals surface area contributed by atoms with E-state index in [4.69, 9.17) is 0 Å². The molecule has 7 heteroatoms. The van der Waals surface area contributed by atoms with E-state index in [1.54, 1.807) is 0 Å². The molecule has 0 fully saturated rings. The fraction of sp³-hybridized carbons (Fsp3) is 0.300. The fourth-order valence-electron chi connectivity index (χ4n) is 1.17. The summed E-state index contributed by atoms with van der Waals surface area (Å²) in [5, 5.41) is -0.0189. The van der Waals surface area contributed by atoms with Crippen LogP contribution in [0.5, 0.6) is 5.75 Å². The van der Waals surface area contributed by atoms with Crippen LogP contribution in [0.15, 0.2) is 18.2 Å². The van der Waals surface area contributed by atoms with Crippen LogP contribution < -0.4 is 4.74 Å². The normalized spacial score (nSPS) is 11.4. The number of hydrogen-bond donors (Lipinski definition) is 0. The number of alkyl halides is 4. The second-order valence-corrected chi connectivity index (χ2v) is 3.71. The van der Waals surface area contributed by atoms with Gasteiger partial charge >= 0.3 is 6.36 Å². The minimum absolute atomic E-state index is 0.0189. The van der Waals surface area contributed by atoms with Gasteiger partial charge < -0.3 is 4.74 Å². The Kier molecular flexibility index (Phi) is 4.50. The Hall–Kier alpha value is -1.11. The maximum Gasteiger partial charge on any atom is 0.573 e. The third-order valence-electron chi connectivity index (χ3n) is 1.78. The average molecular weight is 315 g/mol. The zero-order chi connectivity index (χ0) is 13.1. The SMILES string of the molecule is O=C(CBr)Cc1cc(F)ccc1OC(F)(F)F. The van der Waals surface area contributed by atoms with Gasteiger partial charge in [0.25, 0.3) is 0 Å². The standard InChI is InChI=1S/C10H7BrF4O2/c11-5-8(16)4-6-3-7(12)1-2-9(6)17-10(13,14)15/h1-3H,4-5H2. The van der Waals surface area contributed by atoms with Gasteiger partial charge in [-0.25, -0.2) is 4.39 Å². The molecular formula is C10H7BrF4O2. The molecule has 0 saturated carbocycles. The molecule has 0 bridgehead atoms. The van der Waals surface area contributed by atoms with Gasteiger partial charge in [-0.15, -0.1) is 13.2 Å². The molecule has 0 heterocycles. The summed E-state index contributed by atoms with van der Waals surface area (Å²) in [6, 6.07) is 2.53. The molecule has 0 radical (unpaired) electrons. The van der Waals surface area contributed by atoms with Crippen LogP contribution in [0.2, 0.25) is 0 Å². The predicted molar refractivity (Wildman–Crippen MR) is 55.6 cm³/mol. The number of ketones is 1. The Bertz CT molecular complexity index is 417. The Morgan fingerprint density at radius 2 is 2.00 bits per heavy atom. The van der Waals surface area contributed by atoms with Gasteiger partial charge in [-0.3, -0.25) is 4.79 Å². The Morgan fingerprint density at radius 3 is 2.53 bits per heavy atom. The van der Waals surface area contributed by atoms with Crippen molar-refractivity contribution in [2.24, 2.45) is 0 Å². The fourth-order valence-corrected chi connectivity index (χ4v) is 1.37. The summed E-state index contributed by atoms with van der Waals surface area (Å²) in [5.41, 5.74) is -0.133. The highest BCUT2D eigenvalue weighted by atomic mass is 79.9. The van der Waals surface area contributed by atoms with Gasteiger partial charge in [-0.2, -0.15) is 0 Å². The molecule has 0 unspecified atom stereocenters. The average Bonchev–Trinajstić information content (AvgIpc) is 2.20. The van der Waals surface area contributed by atoms with Crippen LogP contribution in [0.3, 0.4) is 0 Å². The lowest BCUT2D eigenvalue weighted by atomic mass is 10.1. The third-order valence-corrected chi connectivity index (χ3v) is 2.41. The molecule has 0 aliphatic rings. The molecule has 1 aromatic rings. The van der Waals surface area contributed by atoms with Gasteiger partial charge in [0.2, 0.25) is 0 Å². The Balaban J connectivity index is 2.99. The molecule has 0 N–H and O–H groups in total. The molecular weight excluding hydrogens is 308 g/mol. The van der Waals surface area contributed by atoms with Gasteiger partial charge in [0.05, 0.1) is 5.33 Å². The summed E-state index contributed by atoms with van der Waals surface area (Å²) in [5.74, 6) is -1.66. The van der Waals surface area contributed by atoms with Gasteiger partial charge in [0.1, 0.15) is 17.3 Å². The number of benzene rings is 1. The van der Waals surface area contributed by atoms with E-state index >= 15 is 0 Å². The van der Waals surface area contributed by atoms with Crippen LogP contribution in [-0.4, -0.2) is 17.5 Å². The summed E-state index contributed by atoms with van der Waals surface area (Å²) < 4.78 is 52.7. The minimum atomic E-state index is -4.87. The molecule has 17 heavy (non-hydrogen) atoms. The minimum Gasteiger partial charge on any atom is -0.405 e. The van der Waals surface area contributed by atoms with Crippen molar-refractivity contribution in [3.05, 3.63) is 29.6 Å². The molecule has 0 aliphatic carbocycles. The first kappa shape index (κ1) is 14.0. The molecule has 1 rings (SSSR count). The van der Waals surface area contributed by atoms with E-state index in [-0.39, 0.29) is 23.1 Å². The van der Waals surface area contributed by atoms with Crippen LogP contribution in [0.1, 0.15) is 5.56 Å². The van der Waals surface area contributed by atoms with Crippen molar-refractivity contribution in [1.82, 2.24) is 0 Å². The van der Waals surface area contributed by atoms with Crippen molar-refractivity contribution >= 4 is 21.7 Å². The zero-order valence-electron chi connectivity index (χ0n) is 8.35. The van der Waals surface area contributed by atoms with E-state index < -0.39 is 17.9 Å². The zero-order valence-corrected chi connectivity index (χ0v) is 9.94. The summed E-state index contributed by atoms with van der Waals surface area (Å²) >= 11 is 2.87. The number of carbonyl (C=O) groups excluding carboxylic acids is 1. The van der Waals surface area contributed by atoms with Gasteiger partial charge in [0.15, 0.2) is 0 Å². The molecule has 1 aromatic carbocycles. The number of ether oxygens (including phenoxy) is 1. The largest absolute Gasteiger partial charge is 0.573 e. The lowest BCUT2D eigenvalue weighted by Gasteiger charge is -2.12. The molecule has 0 atom stereocenters. The number of Topliss-reactive ketones (excluding diaryl/α,β-unsaturated/α-hetero) is 1. The summed E-state index contributed by atoms with van der Waals surface area (Å²) in [6.07, 6.45) is -5.20. The second-order valence-electron chi connectivity index (χ2n) is 3.15. The second kappa shape index (κ2) is 5.48. The maximum atomic E-state index is 12.9. The summed E-state index contributed by atoms with van der Waals surface area (Å²) in [4.78, 5) is 11.1. The lowest BCUT2D eigenvalue weighted by molar-refractivity contribution is -0.274. The highest BCUT2D eigenvalue weighted by Crippen LogP contribution is 2.27. The van der Waals surface area contributed by atoms with Crippen molar-refractivity contribution in [1.29, 1.82) is 0 Å². The van der Waals surface area contributed by atoms with Gasteiger partial charge in [0, 0.05) is 12.0 Å². The highest BCUT2D eigenvalue weighted by Gasteiger charge is 2.32. The lowest BCUT2D eigenvalue weighted by Crippen LogP contribution is -2.19. The Morgan fingerprint density at radius 1 is 1.35 bits per heavy atom. The molecule has 0 saturated heterocycles. The predicted octanol–water partition coefficient (Wildman–Crippen LogP) is 3.23. The van der Waals surface area contributed by atoms with Crippen molar-refractivity contribution in [3.63, 3.8) is 0 Å². The molecule has 0 spiro atoms. The summed E-state index contributed by atoms with van der Waals surface area (Å²) in [7, 11) is 0. The topological polar surface area (TPSA) is 26.3 Å². The van der Waals surface area contributed by atoms with Crippen molar-refractivity contribution < 1.29 is 27.1 Å². The summed E-state index contributed by atoms with van der Waals surface area (Å²) in [6.45, 7) is 0. The molecule has 0 aliphatic heterocycles. The molecule has 2 nitrogen and oxygen atoms in total. The van der Waals surface area contributed by atoms with E-state index in [2.05, 4.69) is 20.7 Å². The smallest absolute Gasteiger partial charge is 0.405 e. The van der Waals surface area contributed by atoms with E-state index in [0.29, 0.717) is 0 Å². The van der Waals surface area contributed by atoms with Crippen molar-refractivity contribution in [2.75, 3.05) is 5.33 Å². The third kappa shape index (κ3) is 4.72. The number of hydrogen-bond acceptors (Lipinski definition) is 2. The monoisotopic (exact) mass is 314 g/mol. The number of rotatable bonds is 4. The number of halogens is 5. The highest BCUT2D eigenvalue weighted by molar-refractivity contribution is 9.09. The number of carbonyl (C=O) groups is 1. The van der Waals surface area contributed by atoms with E-state index in [9.17, 15) is 22.4 Å². The van der Waals surface area contributed by atoms with Crippen molar-refractivity contribution in [2.45, 2.75) is 12.8 Å². The van der Waals surface area contributed by atoms with Crippen LogP contribution in [-0.2, 0) is 11.2 Å². The first-order valence-electron chi connectivity index (χ1n) is 4.43. The first-order valence-corrected chi connectivity index (χ1v) is 5.56. The van der Waals surface area contributed by atoms with Crippen LogP contribution in [0.4, 0.5) is 17.6 Å². The molecule has 0 aromatic heterocycles. The van der Waals surface area contributed by atoms with Gasteiger partial charge in [-0.05, 0) is 18.2 Å². The Labute approximate surface area is 103 Å². The molecule has 0 amide bonds. The quantitative estimate of drug-likeness (QED) is 0.630. The van der Waals surface area contributed by atoms with E-state index in [1.165, 1.54) is 0 Å². The van der Waals surface area contributed by atoms with Crippen LogP contribution in [0, 0.1) is 5.82 Å². The van der Waals surface area contributed by atoms with Crippen LogP contribution in [0.25, 0.3) is 0 Å². The van der Waals surface area contributed by atoms with Crippen LogP contribution >= 0.6 is 15.9 Å². The van der Waals surface area contributed by atoms with E-state index in [0.717, 1.165) is 18.2 Å². The van der Waals surface area contributed by atoms with Crippen molar-refractivity contribution in [3.8, 4) is 5.75 Å². The molecule has 94 valence electrons. The maximum absolute atomic E-state index is 12.9. The van der Waals surface area contributed by atoms with Gasteiger partial charge in [-0.1, -0.05) is 15.9 Å².